The molecule has 0 aromatic carbocycles. The summed E-state index contributed by atoms with van der Waals surface area (Å²) in [6, 6.07) is 0. The topological polar surface area (TPSA) is 50.4 Å². The smallest absolute Gasteiger partial charge is 0.257 e. The van der Waals surface area contributed by atoms with Gasteiger partial charge in [0.2, 0.25) is 0 Å². The van der Waals surface area contributed by atoms with Gasteiger partial charge in [0.15, 0.2) is 0 Å². The number of nitrogens with one attached hydrogen (secondary N) is 2. The average Bonchev–Trinajstić information content (AvgIpc) is 1.95. The third-order valence-corrected chi connectivity index (χ3v) is 1.11. The van der Waals surface area contributed by atoms with Crippen molar-refractivity contribution in [1.29, 1.82) is 0 Å². The summed E-state index contributed by atoms with van der Waals surface area (Å²) < 4.78 is 0. The van der Waals surface area contributed by atoms with E-state index in [9.17, 15) is 4.79 Å². The third-order valence-electron chi connectivity index (χ3n) is 1.11. The zero-order chi connectivity index (χ0) is 9.61. The number of hydrogen-bond donors (Lipinski definition) is 2. The first-order valence-electron chi connectivity index (χ1n) is 4.11. The Morgan fingerprint density at radius 2 is 2.00 bits per heavy atom. The van der Waals surface area contributed by atoms with E-state index in [1.165, 1.54) is 0 Å². The number of carbonyl (C=O) groups is 1. The molecule has 4 nitrogen and oxygen atoms in total. The maximum Gasteiger partial charge on any atom is 0.257 e. The zero-order valence-electron chi connectivity index (χ0n) is 8.23. The first kappa shape index (κ1) is 11.4. The van der Waals surface area contributed by atoms with Gasteiger partial charge in [0.1, 0.15) is 0 Å². The van der Waals surface area contributed by atoms with Gasteiger partial charge in [-0.25, -0.2) is 5.48 Å². The fourth-order valence-electron chi connectivity index (χ4n) is 0.534. The Balaban J connectivity index is 3.44. The van der Waals surface area contributed by atoms with Gasteiger partial charge < -0.3 is 5.32 Å². The monoisotopic (exact) mass is 174 g/mol. The summed E-state index contributed by atoms with van der Waals surface area (Å²) in [7, 11) is 0. The van der Waals surface area contributed by atoms with Crippen LogP contribution in [0.3, 0.4) is 0 Å². The minimum atomic E-state index is -0.147. The normalized spacial score (nSPS) is 11.3. The van der Waals surface area contributed by atoms with Crippen LogP contribution < -0.4 is 10.8 Å². The van der Waals surface area contributed by atoms with E-state index < -0.39 is 0 Å². The van der Waals surface area contributed by atoms with E-state index in [0.717, 1.165) is 0 Å². The maximum absolute atomic E-state index is 11.0. The second kappa shape index (κ2) is 5.11. The van der Waals surface area contributed by atoms with Gasteiger partial charge in [-0.05, 0) is 27.7 Å². The highest BCUT2D eigenvalue weighted by atomic mass is 16.6. The molecule has 0 saturated heterocycles. The van der Waals surface area contributed by atoms with Gasteiger partial charge in [-0.3, -0.25) is 9.63 Å². The predicted octanol–water partition coefficient (Wildman–Crippen LogP) is 0.442. The van der Waals surface area contributed by atoms with Gasteiger partial charge >= 0.3 is 0 Å². The lowest BCUT2D eigenvalue weighted by molar-refractivity contribution is -0.132. The Labute approximate surface area is 73.6 Å². The van der Waals surface area contributed by atoms with Crippen molar-refractivity contribution in [2.24, 2.45) is 0 Å². The second-order valence-electron chi connectivity index (χ2n) is 3.56. The lowest BCUT2D eigenvalue weighted by Crippen LogP contribution is -2.43. The molecule has 0 rings (SSSR count). The summed E-state index contributed by atoms with van der Waals surface area (Å²) in [5, 5.41) is 3.04. The molecule has 0 aliphatic heterocycles. The van der Waals surface area contributed by atoms with E-state index in [-0.39, 0.29) is 18.0 Å². The van der Waals surface area contributed by atoms with E-state index in [2.05, 4.69) is 10.8 Å². The zero-order valence-corrected chi connectivity index (χ0v) is 8.23. The number of amides is 1. The van der Waals surface area contributed by atoms with Crippen molar-refractivity contribution in [3.05, 3.63) is 0 Å². The molecule has 72 valence electrons. The summed E-state index contributed by atoms with van der Waals surface area (Å²) in [6.45, 7) is 8.59. The summed E-state index contributed by atoms with van der Waals surface area (Å²) in [5.41, 5.74) is 2.27. The molecule has 0 saturated carbocycles. The van der Waals surface area contributed by atoms with Crippen LogP contribution in [0.5, 0.6) is 0 Å². The molecule has 12 heavy (non-hydrogen) atoms. The Kier molecular flexibility index (Phi) is 4.85. The Hall–Kier alpha value is -0.610. The Morgan fingerprint density at radius 3 is 2.42 bits per heavy atom. The molecule has 0 aliphatic carbocycles. The molecule has 0 atom stereocenters. The van der Waals surface area contributed by atoms with Crippen molar-refractivity contribution < 1.29 is 9.63 Å². The summed E-state index contributed by atoms with van der Waals surface area (Å²) in [4.78, 5) is 15.7. The van der Waals surface area contributed by atoms with E-state index in [1.54, 1.807) is 0 Å². The SMILES string of the molecule is CCONC(=O)CNC(C)(C)C. The number of rotatable bonds is 4. The highest BCUT2D eigenvalue weighted by molar-refractivity contribution is 5.76. The average molecular weight is 174 g/mol. The lowest BCUT2D eigenvalue weighted by atomic mass is 10.1. The quantitative estimate of drug-likeness (QED) is 0.608. The molecule has 4 heteroatoms. The summed E-state index contributed by atoms with van der Waals surface area (Å²) >= 11 is 0. The van der Waals surface area contributed by atoms with E-state index in [4.69, 9.17) is 4.84 Å². The van der Waals surface area contributed by atoms with Crippen LogP contribution in [-0.4, -0.2) is 24.6 Å². The van der Waals surface area contributed by atoms with Crippen LogP contribution in [0, 0.1) is 0 Å². The fraction of sp³-hybridized carbons (Fsp3) is 0.875. The van der Waals surface area contributed by atoms with Crippen LogP contribution in [-0.2, 0) is 9.63 Å². The molecule has 0 radical (unpaired) electrons. The molecule has 0 bridgehead atoms. The van der Waals surface area contributed by atoms with Crippen LogP contribution >= 0.6 is 0 Å². The molecule has 0 aliphatic rings. The molecule has 0 aromatic heterocycles. The Morgan fingerprint density at radius 1 is 1.42 bits per heavy atom. The molecular formula is C8H18N2O2. The number of hydroxylamine groups is 1. The summed E-state index contributed by atoms with van der Waals surface area (Å²) in [6.07, 6.45) is 0. The molecule has 0 fully saturated rings. The molecule has 2 N–H and O–H groups in total. The third kappa shape index (κ3) is 7.50. The van der Waals surface area contributed by atoms with Gasteiger partial charge in [0, 0.05) is 5.54 Å². The predicted molar refractivity (Wildman–Crippen MR) is 47.5 cm³/mol. The second-order valence-corrected chi connectivity index (χ2v) is 3.56. The highest BCUT2D eigenvalue weighted by Gasteiger charge is 2.10. The molecular weight excluding hydrogens is 156 g/mol. The van der Waals surface area contributed by atoms with Gasteiger partial charge in [-0.2, -0.15) is 0 Å². The molecule has 1 amide bonds. The van der Waals surface area contributed by atoms with E-state index in [0.29, 0.717) is 6.61 Å². The van der Waals surface area contributed by atoms with Crippen molar-refractivity contribution in [2.75, 3.05) is 13.2 Å². The van der Waals surface area contributed by atoms with E-state index >= 15 is 0 Å². The van der Waals surface area contributed by atoms with Gasteiger partial charge in [0.25, 0.3) is 5.91 Å². The molecule has 0 unspecified atom stereocenters. The molecule has 0 spiro atoms. The van der Waals surface area contributed by atoms with Gasteiger partial charge in [0.05, 0.1) is 13.2 Å². The minimum absolute atomic E-state index is 0.0381. The molecule has 0 aromatic rings. The number of hydrogen-bond acceptors (Lipinski definition) is 3. The highest BCUT2D eigenvalue weighted by Crippen LogP contribution is 1.96. The van der Waals surface area contributed by atoms with Crippen LogP contribution in [0.25, 0.3) is 0 Å². The van der Waals surface area contributed by atoms with Crippen LogP contribution in [0.15, 0.2) is 0 Å². The van der Waals surface area contributed by atoms with Gasteiger partial charge in [-0.15, -0.1) is 0 Å². The van der Waals surface area contributed by atoms with Gasteiger partial charge in [-0.1, -0.05) is 0 Å². The minimum Gasteiger partial charge on any atom is -0.304 e. The van der Waals surface area contributed by atoms with Crippen molar-refractivity contribution in [2.45, 2.75) is 33.2 Å². The van der Waals surface area contributed by atoms with E-state index in [1.807, 2.05) is 27.7 Å². The largest absolute Gasteiger partial charge is 0.304 e. The lowest BCUT2D eigenvalue weighted by Gasteiger charge is -2.19. The van der Waals surface area contributed by atoms with Crippen molar-refractivity contribution >= 4 is 5.91 Å². The van der Waals surface area contributed by atoms with Crippen molar-refractivity contribution in [3.63, 3.8) is 0 Å². The van der Waals surface area contributed by atoms with Crippen molar-refractivity contribution in [3.8, 4) is 0 Å². The van der Waals surface area contributed by atoms with Crippen LogP contribution in [0.4, 0.5) is 0 Å². The Bertz CT molecular complexity index is 140. The van der Waals surface area contributed by atoms with Crippen molar-refractivity contribution in [1.82, 2.24) is 10.8 Å². The first-order chi connectivity index (χ1) is 5.45. The maximum atomic E-state index is 11.0. The summed E-state index contributed by atoms with van der Waals surface area (Å²) in [5.74, 6) is -0.147. The van der Waals surface area contributed by atoms with Crippen LogP contribution in [0.2, 0.25) is 0 Å². The first-order valence-corrected chi connectivity index (χ1v) is 4.11. The standard InChI is InChI=1S/C8H18N2O2/c1-5-12-10-7(11)6-9-8(2,3)4/h9H,5-6H2,1-4H3,(H,10,11). The fourth-order valence-corrected chi connectivity index (χ4v) is 0.534. The molecule has 0 heterocycles. The van der Waals surface area contributed by atoms with Crippen LogP contribution in [0.1, 0.15) is 27.7 Å². The number of carbonyl (C=O) groups excluding carboxylic acids is 1.